The van der Waals surface area contributed by atoms with E-state index in [1.54, 1.807) is 6.07 Å². The molecule has 5 rings (SSSR count). The van der Waals surface area contributed by atoms with Crippen molar-refractivity contribution in [1.82, 2.24) is 15.5 Å². The van der Waals surface area contributed by atoms with Crippen LogP contribution >= 0.6 is 15.9 Å². The molecule has 6 unspecified atom stereocenters. The lowest BCUT2D eigenvalue weighted by atomic mass is 9.77. The molecule has 37 heavy (non-hydrogen) atoms. The number of alkyl halides is 1. The van der Waals surface area contributed by atoms with E-state index < -0.39 is 6.10 Å². The highest BCUT2D eigenvalue weighted by molar-refractivity contribution is 9.09. The van der Waals surface area contributed by atoms with Gasteiger partial charge in [0, 0.05) is 41.8 Å². The van der Waals surface area contributed by atoms with Crippen LogP contribution in [-0.4, -0.2) is 104 Å². The molecule has 0 saturated carbocycles. The molecule has 3 heterocycles. The molecule has 1 aromatic carbocycles. The van der Waals surface area contributed by atoms with Gasteiger partial charge in [0.15, 0.2) is 0 Å². The van der Waals surface area contributed by atoms with Crippen molar-refractivity contribution in [3.63, 3.8) is 0 Å². The second kappa shape index (κ2) is 12.5. The summed E-state index contributed by atoms with van der Waals surface area (Å²) in [5.41, 5.74) is 1.48. The lowest BCUT2D eigenvalue weighted by Gasteiger charge is -2.44. The zero-order chi connectivity index (χ0) is 25.8. The quantitative estimate of drug-likeness (QED) is 0.245. The van der Waals surface area contributed by atoms with Gasteiger partial charge >= 0.3 is 0 Å². The van der Waals surface area contributed by atoms with Gasteiger partial charge in [0.05, 0.1) is 50.9 Å². The lowest BCUT2D eigenvalue weighted by Crippen LogP contribution is -2.50. The highest BCUT2D eigenvalue weighted by Crippen LogP contribution is 2.38. The number of amides is 1. The van der Waals surface area contributed by atoms with Gasteiger partial charge in [0.25, 0.3) is 5.91 Å². The van der Waals surface area contributed by atoms with E-state index in [0.29, 0.717) is 62.6 Å². The van der Waals surface area contributed by atoms with Crippen LogP contribution in [-0.2, 0) is 14.2 Å². The Morgan fingerprint density at radius 1 is 1.35 bits per heavy atom. The topological polar surface area (TPSA) is 104 Å². The van der Waals surface area contributed by atoms with Crippen LogP contribution in [0.15, 0.2) is 36.4 Å². The first kappa shape index (κ1) is 27.1. The number of piperidine rings is 1. The van der Waals surface area contributed by atoms with Gasteiger partial charge in [-0.1, -0.05) is 34.1 Å². The van der Waals surface area contributed by atoms with Crippen LogP contribution in [0.1, 0.15) is 23.7 Å². The predicted octanol–water partition coefficient (Wildman–Crippen LogP) is 1.58. The van der Waals surface area contributed by atoms with Crippen molar-refractivity contribution in [2.75, 3.05) is 58.0 Å². The van der Waals surface area contributed by atoms with Crippen LogP contribution in [0.2, 0.25) is 0 Å². The highest BCUT2D eigenvalue weighted by Gasteiger charge is 2.39. The van der Waals surface area contributed by atoms with Crippen molar-refractivity contribution in [2.45, 2.75) is 48.6 Å². The number of likely N-dealkylation sites (tertiary alicyclic amines) is 1. The molecular formula is C27H39BrN4O5. The molecule has 3 aliphatic heterocycles. The van der Waals surface area contributed by atoms with Crippen LogP contribution in [0.4, 0.5) is 5.69 Å². The molecule has 10 heteroatoms. The number of hydrogen-bond acceptors (Lipinski definition) is 8. The van der Waals surface area contributed by atoms with Crippen molar-refractivity contribution < 1.29 is 24.1 Å². The highest BCUT2D eigenvalue weighted by atomic mass is 79.9. The fourth-order valence-corrected chi connectivity index (χ4v) is 6.51. The van der Waals surface area contributed by atoms with E-state index >= 15 is 0 Å². The summed E-state index contributed by atoms with van der Waals surface area (Å²) in [7, 11) is 0. The Morgan fingerprint density at radius 3 is 2.97 bits per heavy atom. The monoisotopic (exact) mass is 578 g/mol. The fourth-order valence-electron chi connectivity index (χ4n) is 5.53. The van der Waals surface area contributed by atoms with Crippen LogP contribution < -0.4 is 16.0 Å². The van der Waals surface area contributed by atoms with E-state index in [9.17, 15) is 9.90 Å². The van der Waals surface area contributed by atoms with Crippen molar-refractivity contribution in [3.8, 4) is 0 Å². The average Bonchev–Trinajstić information content (AvgIpc) is 3.29. The number of aliphatic hydroxyl groups is 1. The Hall–Kier alpha value is -1.53. The summed E-state index contributed by atoms with van der Waals surface area (Å²) in [6.07, 6.45) is 5.00. The first-order valence-corrected chi connectivity index (χ1v) is 14.3. The number of carbonyl (C=O) groups excluding carboxylic acids is 1. The first-order chi connectivity index (χ1) is 18.0. The summed E-state index contributed by atoms with van der Waals surface area (Å²) in [5.74, 6) is 0.734. The minimum Gasteiger partial charge on any atom is -0.390 e. The minimum absolute atomic E-state index is 0.0424. The Morgan fingerprint density at radius 2 is 2.22 bits per heavy atom. The summed E-state index contributed by atoms with van der Waals surface area (Å²) in [5, 5.41) is 20.2. The van der Waals surface area contributed by atoms with Crippen LogP contribution in [0, 0.1) is 11.8 Å². The lowest BCUT2D eigenvalue weighted by molar-refractivity contribution is -0.0215. The Labute approximate surface area is 227 Å². The van der Waals surface area contributed by atoms with Gasteiger partial charge in [-0.3, -0.25) is 10.1 Å². The number of carbonyl (C=O) groups is 1. The van der Waals surface area contributed by atoms with Gasteiger partial charge in [0.2, 0.25) is 0 Å². The molecule has 3 fully saturated rings. The summed E-state index contributed by atoms with van der Waals surface area (Å²) < 4.78 is 17.1. The molecule has 4 aliphatic rings. The second-order valence-corrected chi connectivity index (χ2v) is 11.7. The third-order valence-electron chi connectivity index (χ3n) is 7.88. The van der Waals surface area contributed by atoms with Gasteiger partial charge in [-0.15, -0.1) is 0 Å². The van der Waals surface area contributed by atoms with Crippen LogP contribution in [0.3, 0.4) is 0 Å². The normalized spacial score (nSPS) is 32.9. The maximum atomic E-state index is 12.6. The van der Waals surface area contributed by atoms with Crippen LogP contribution in [0.25, 0.3) is 0 Å². The molecule has 0 spiro atoms. The molecule has 1 aliphatic carbocycles. The number of aliphatic hydroxyl groups excluding tert-OH is 1. The third kappa shape index (κ3) is 6.92. The molecular weight excluding hydrogens is 540 g/mol. The SMILES string of the molecule is CC1NCOC1COC1C=CC2CN(C[C@@H](O)CNC(=O)c3cccc(NC4COC4)c3)CCC2C1Br. The van der Waals surface area contributed by atoms with E-state index in [2.05, 4.69) is 55.9 Å². The van der Waals surface area contributed by atoms with Crippen molar-refractivity contribution in [1.29, 1.82) is 0 Å². The number of ether oxygens (including phenoxy) is 3. The molecule has 7 atom stereocenters. The van der Waals surface area contributed by atoms with Gasteiger partial charge in [-0.2, -0.15) is 0 Å². The van der Waals surface area contributed by atoms with E-state index in [1.165, 1.54) is 0 Å². The Kier molecular flexibility index (Phi) is 9.18. The Bertz CT molecular complexity index is 947. The predicted molar refractivity (Wildman–Crippen MR) is 145 cm³/mol. The smallest absolute Gasteiger partial charge is 0.251 e. The molecule has 4 N–H and O–H groups in total. The maximum Gasteiger partial charge on any atom is 0.251 e. The van der Waals surface area contributed by atoms with E-state index in [4.69, 9.17) is 14.2 Å². The van der Waals surface area contributed by atoms with E-state index in [-0.39, 0.29) is 29.5 Å². The molecule has 204 valence electrons. The van der Waals surface area contributed by atoms with Gasteiger partial charge in [0.1, 0.15) is 0 Å². The van der Waals surface area contributed by atoms with Gasteiger partial charge in [-0.05, 0) is 49.9 Å². The number of hydrogen-bond donors (Lipinski definition) is 4. The van der Waals surface area contributed by atoms with Crippen molar-refractivity contribution >= 4 is 27.5 Å². The fraction of sp³-hybridized carbons (Fsp3) is 0.667. The van der Waals surface area contributed by atoms with E-state index in [0.717, 1.165) is 25.2 Å². The minimum atomic E-state index is -0.626. The zero-order valence-corrected chi connectivity index (χ0v) is 22.9. The molecule has 1 amide bonds. The number of fused-ring (bicyclic) bond motifs is 1. The molecule has 0 radical (unpaired) electrons. The van der Waals surface area contributed by atoms with Crippen molar-refractivity contribution in [3.05, 3.63) is 42.0 Å². The largest absolute Gasteiger partial charge is 0.390 e. The molecule has 9 nitrogen and oxygen atoms in total. The summed E-state index contributed by atoms with van der Waals surface area (Å²) >= 11 is 3.92. The van der Waals surface area contributed by atoms with Gasteiger partial charge in [-0.25, -0.2) is 0 Å². The summed E-state index contributed by atoms with van der Waals surface area (Å²) in [6, 6.07) is 8.04. The third-order valence-corrected chi connectivity index (χ3v) is 9.08. The molecule has 0 aromatic heterocycles. The number of β-amino-alcohol motifs (C(OH)–C–C–N with tert-alkyl or cyclic N) is 1. The van der Waals surface area contributed by atoms with Gasteiger partial charge < -0.3 is 34.9 Å². The maximum absolute atomic E-state index is 12.6. The average molecular weight is 580 g/mol. The molecule has 1 aromatic rings. The molecule has 0 bridgehead atoms. The number of nitrogens with one attached hydrogen (secondary N) is 3. The van der Waals surface area contributed by atoms with Crippen LogP contribution in [0.5, 0.6) is 0 Å². The second-order valence-electron chi connectivity index (χ2n) is 10.7. The molecule has 3 saturated heterocycles. The Balaban J connectivity index is 1.05. The zero-order valence-electron chi connectivity index (χ0n) is 21.4. The van der Waals surface area contributed by atoms with Crippen molar-refractivity contribution in [2.24, 2.45) is 11.8 Å². The van der Waals surface area contributed by atoms with E-state index in [1.807, 2.05) is 18.2 Å². The number of anilines is 1. The first-order valence-electron chi connectivity index (χ1n) is 13.4. The number of halogens is 1. The summed E-state index contributed by atoms with van der Waals surface area (Å²) in [4.78, 5) is 15.2. The number of nitrogens with zero attached hydrogens (tertiary/aromatic N) is 1. The number of rotatable bonds is 10. The summed E-state index contributed by atoms with van der Waals surface area (Å²) in [6.45, 7) is 7.25. The number of benzene rings is 1. The standard InChI is InChI=1S/C27H39BrN4O5/c1-17-25(37-16-30-17)15-36-24-6-5-19-11-32(8-7-23(19)26(24)28)12-22(33)10-29-27(34)18-3-2-4-20(9-18)31-21-13-35-14-21/h2-6,9,17,19,21-26,30-31,33H,7-8,10-16H2,1H3,(H,29,34)/t17?,19?,22-,23?,24?,25?,26?/m0/s1.